The molecule has 2 atom stereocenters. The van der Waals surface area contributed by atoms with E-state index in [0.717, 1.165) is 22.0 Å². The van der Waals surface area contributed by atoms with Crippen molar-refractivity contribution in [2.75, 3.05) is 52.2 Å². The van der Waals surface area contributed by atoms with Gasteiger partial charge in [0.1, 0.15) is 11.8 Å². The molecule has 0 radical (unpaired) electrons. The summed E-state index contributed by atoms with van der Waals surface area (Å²) in [5, 5.41) is 16.2. The minimum absolute atomic E-state index is 0.216. The highest BCUT2D eigenvalue weighted by Gasteiger charge is 2.33. The fourth-order valence-electron chi connectivity index (χ4n) is 5.02. The molecule has 4 rings (SSSR count). The third-order valence-corrected chi connectivity index (χ3v) is 7.11. The van der Waals surface area contributed by atoms with Gasteiger partial charge in [-0.15, -0.1) is 0 Å². The van der Waals surface area contributed by atoms with Crippen molar-refractivity contribution < 1.29 is 24.2 Å². The lowest BCUT2D eigenvalue weighted by Gasteiger charge is -2.34. The lowest BCUT2D eigenvalue weighted by Crippen LogP contribution is -2.56. The molecule has 2 heterocycles. The van der Waals surface area contributed by atoms with E-state index in [0.29, 0.717) is 24.6 Å². The number of nitrogens with zero attached hydrogens (tertiary/aromatic N) is 3. The van der Waals surface area contributed by atoms with Crippen LogP contribution in [-0.4, -0.2) is 95.7 Å². The van der Waals surface area contributed by atoms with Crippen molar-refractivity contribution >= 4 is 34.6 Å². The first-order valence-corrected chi connectivity index (χ1v) is 13.5. The summed E-state index contributed by atoms with van der Waals surface area (Å²) in [5.41, 5.74) is 3.38. The summed E-state index contributed by atoms with van der Waals surface area (Å²) in [6, 6.07) is 12.2. The van der Waals surface area contributed by atoms with Gasteiger partial charge in [-0.3, -0.25) is 4.79 Å². The number of carbonyl (C=O) groups excluding carboxylic acids is 2. The highest BCUT2D eigenvalue weighted by Crippen LogP contribution is 2.31. The van der Waals surface area contributed by atoms with Crippen LogP contribution in [-0.2, 0) is 11.3 Å². The quantitative estimate of drug-likeness (QED) is 0.321. The number of benzene rings is 2. The Morgan fingerprint density at radius 3 is 2.45 bits per heavy atom. The molecular weight excluding hydrogens is 512 g/mol. The number of nitrogens with one attached hydrogen (secondary N) is 3. The van der Waals surface area contributed by atoms with Crippen molar-refractivity contribution in [2.24, 2.45) is 0 Å². The van der Waals surface area contributed by atoms with Crippen LogP contribution in [0.3, 0.4) is 0 Å². The van der Waals surface area contributed by atoms with Gasteiger partial charge < -0.3 is 40.2 Å². The molecule has 40 heavy (non-hydrogen) atoms. The minimum atomic E-state index is -1.01. The smallest absolute Gasteiger partial charge is 0.407 e. The topological polar surface area (TPSA) is 130 Å². The molecule has 0 spiro atoms. The monoisotopic (exact) mass is 550 g/mol. The maximum atomic E-state index is 13.9. The van der Waals surface area contributed by atoms with Crippen LogP contribution in [0.2, 0.25) is 0 Å². The Morgan fingerprint density at radius 1 is 1.07 bits per heavy atom. The molecule has 2 aromatic carbocycles. The number of H-pyrrole nitrogens is 1. The summed E-state index contributed by atoms with van der Waals surface area (Å²) in [7, 11) is 3.94. The maximum Gasteiger partial charge on any atom is 0.407 e. The second-order valence-electron chi connectivity index (χ2n) is 10.3. The number of fused-ring (bicyclic) bond motifs is 1. The molecule has 0 saturated carbocycles. The average molecular weight is 551 g/mol. The fourth-order valence-corrected chi connectivity index (χ4v) is 5.02. The zero-order chi connectivity index (χ0) is 28.8. The number of hydrogen-bond donors (Lipinski definition) is 4. The normalized spacial score (nSPS) is 15.1. The van der Waals surface area contributed by atoms with E-state index in [-0.39, 0.29) is 38.0 Å². The van der Waals surface area contributed by atoms with E-state index in [1.807, 2.05) is 81.5 Å². The summed E-state index contributed by atoms with van der Waals surface area (Å²) < 4.78 is 5.79. The summed E-state index contributed by atoms with van der Waals surface area (Å²) >= 11 is 0. The molecule has 4 amide bonds. The number of piperazine rings is 1. The largest absolute Gasteiger partial charge is 0.492 e. The summed E-state index contributed by atoms with van der Waals surface area (Å²) in [6.45, 7) is 5.83. The van der Waals surface area contributed by atoms with Gasteiger partial charge in [0, 0.05) is 55.7 Å². The third kappa shape index (κ3) is 6.66. The van der Waals surface area contributed by atoms with Gasteiger partial charge in [-0.05, 0) is 50.3 Å². The number of aromatic nitrogens is 1. The van der Waals surface area contributed by atoms with Crippen molar-refractivity contribution in [1.82, 2.24) is 25.0 Å². The van der Waals surface area contributed by atoms with E-state index in [4.69, 9.17) is 4.74 Å². The van der Waals surface area contributed by atoms with Crippen LogP contribution in [0, 0.1) is 0 Å². The van der Waals surface area contributed by atoms with Gasteiger partial charge in [-0.2, -0.15) is 0 Å². The molecule has 0 bridgehead atoms. The van der Waals surface area contributed by atoms with Crippen LogP contribution in [0.4, 0.5) is 15.3 Å². The summed E-state index contributed by atoms with van der Waals surface area (Å²) in [5.74, 6) is -0.216. The number of para-hydroxylation sites is 1. The molecule has 1 aliphatic heterocycles. The summed E-state index contributed by atoms with van der Waals surface area (Å²) in [6.07, 6.45) is 0.864. The maximum absolute atomic E-state index is 13.9. The van der Waals surface area contributed by atoms with Crippen LogP contribution < -0.4 is 15.4 Å². The van der Waals surface area contributed by atoms with Crippen molar-refractivity contribution in [3.8, 4) is 5.75 Å². The lowest BCUT2D eigenvalue weighted by atomic mass is 9.92. The van der Waals surface area contributed by atoms with E-state index >= 15 is 0 Å². The van der Waals surface area contributed by atoms with E-state index < -0.39 is 18.2 Å². The van der Waals surface area contributed by atoms with E-state index in [1.165, 1.54) is 4.90 Å². The highest BCUT2D eigenvalue weighted by molar-refractivity contribution is 5.99. The molecule has 3 aromatic rings. The van der Waals surface area contributed by atoms with Crippen molar-refractivity contribution in [3.63, 3.8) is 0 Å². The molecular formula is C29H38N6O5. The van der Waals surface area contributed by atoms with Crippen LogP contribution in [0.25, 0.3) is 10.9 Å². The number of rotatable bonds is 9. The Hall–Kier alpha value is -4.25. The zero-order valence-corrected chi connectivity index (χ0v) is 23.4. The highest BCUT2D eigenvalue weighted by atomic mass is 16.5. The number of carbonyl (C=O) groups is 3. The van der Waals surface area contributed by atoms with E-state index in [9.17, 15) is 19.5 Å². The number of amides is 4. The first-order valence-electron chi connectivity index (χ1n) is 13.5. The molecule has 4 N–H and O–H groups in total. The predicted molar refractivity (Wildman–Crippen MR) is 154 cm³/mol. The van der Waals surface area contributed by atoms with Gasteiger partial charge in [0.25, 0.3) is 0 Å². The number of ether oxygens (including phenoxy) is 1. The minimum Gasteiger partial charge on any atom is -0.492 e. The second kappa shape index (κ2) is 12.7. The van der Waals surface area contributed by atoms with Crippen LogP contribution in [0.15, 0.2) is 48.7 Å². The van der Waals surface area contributed by atoms with Gasteiger partial charge in [0.05, 0.1) is 12.3 Å². The second-order valence-corrected chi connectivity index (χ2v) is 10.3. The number of hydrogen-bond acceptors (Lipinski definition) is 5. The van der Waals surface area contributed by atoms with E-state index in [2.05, 4.69) is 15.6 Å². The Balaban J connectivity index is 1.62. The number of anilines is 1. The van der Waals surface area contributed by atoms with Gasteiger partial charge in [-0.25, -0.2) is 9.59 Å². The zero-order valence-electron chi connectivity index (χ0n) is 23.4. The Morgan fingerprint density at radius 2 is 1.77 bits per heavy atom. The number of carboxylic acid groups (broad SMARTS) is 1. The molecule has 11 nitrogen and oxygen atoms in total. The Bertz CT molecular complexity index is 1350. The summed E-state index contributed by atoms with van der Waals surface area (Å²) in [4.78, 5) is 46.7. The van der Waals surface area contributed by atoms with E-state index in [1.54, 1.807) is 4.90 Å². The standard InChI is InChI=1S/C29H38N6O5/c1-5-40-25-11-10-20(18-33(3)4)16-24(25)31-27(36)26(19(2)22-17-30-23-9-7-6-8-21(22)23)32-28(37)34-12-14-35(15-13-34)29(38)39/h6-11,16-17,19,26,30H,5,12-15,18H2,1-4H3,(H,31,36)(H,32,37)(H,38,39)/t19-,26-/m1/s1. The van der Waals surface area contributed by atoms with Crippen molar-refractivity contribution in [2.45, 2.75) is 32.4 Å². The molecule has 214 valence electrons. The first-order chi connectivity index (χ1) is 19.2. The van der Waals surface area contributed by atoms with Gasteiger partial charge >= 0.3 is 12.1 Å². The van der Waals surface area contributed by atoms with Crippen LogP contribution >= 0.6 is 0 Å². The van der Waals surface area contributed by atoms with Crippen molar-refractivity contribution in [3.05, 3.63) is 59.8 Å². The Kier molecular flexibility index (Phi) is 9.15. The predicted octanol–water partition coefficient (Wildman–Crippen LogP) is 3.74. The van der Waals surface area contributed by atoms with Crippen LogP contribution in [0.5, 0.6) is 5.75 Å². The van der Waals surface area contributed by atoms with Gasteiger partial charge in [0.2, 0.25) is 5.91 Å². The Labute approximate surface area is 234 Å². The van der Waals surface area contributed by atoms with Gasteiger partial charge in [-0.1, -0.05) is 31.2 Å². The average Bonchev–Trinajstić information content (AvgIpc) is 3.36. The first kappa shape index (κ1) is 28.8. The molecule has 1 aliphatic rings. The van der Waals surface area contributed by atoms with Gasteiger partial charge in [0.15, 0.2) is 0 Å². The lowest BCUT2D eigenvalue weighted by molar-refractivity contribution is -0.118. The molecule has 1 aromatic heterocycles. The SMILES string of the molecule is CCOc1ccc(CN(C)C)cc1NC(=O)[C@H](NC(=O)N1CCN(C(=O)O)CC1)[C@H](C)c1c[nH]c2ccccc12. The van der Waals surface area contributed by atoms with Crippen molar-refractivity contribution in [1.29, 1.82) is 0 Å². The molecule has 0 aliphatic carbocycles. The molecule has 11 heteroatoms. The molecule has 1 saturated heterocycles. The third-order valence-electron chi connectivity index (χ3n) is 7.11. The molecule has 0 unspecified atom stereocenters. The molecule has 1 fully saturated rings. The fraction of sp³-hybridized carbons (Fsp3) is 0.414. The van der Waals surface area contributed by atoms with Crippen LogP contribution in [0.1, 0.15) is 30.9 Å². The number of aromatic amines is 1. The number of urea groups is 1.